The summed E-state index contributed by atoms with van der Waals surface area (Å²) in [7, 11) is 0. The minimum Gasteiger partial charge on any atom is -0.478 e. The fourth-order valence-corrected chi connectivity index (χ4v) is 2.36. The van der Waals surface area contributed by atoms with Crippen LogP contribution in [0.3, 0.4) is 0 Å². The molecule has 0 aliphatic carbocycles. The van der Waals surface area contributed by atoms with Crippen molar-refractivity contribution in [2.75, 3.05) is 0 Å². The Labute approximate surface area is 126 Å². The van der Waals surface area contributed by atoms with Crippen LogP contribution in [0.4, 0.5) is 0 Å². The topological polar surface area (TPSA) is 62.2 Å². The van der Waals surface area contributed by atoms with E-state index in [0.29, 0.717) is 13.1 Å². The maximum absolute atomic E-state index is 10.9. The van der Waals surface area contributed by atoms with E-state index in [1.54, 1.807) is 18.3 Å². The van der Waals surface area contributed by atoms with E-state index in [9.17, 15) is 4.79 Å². The van der Waals surface area contributed by atoms with Crippen molar-refractivity contribution in [1.29, 1.82) is 0 Å². The molecule has 5 heteroatoms. The summed E-state index contributed by atoms with van der Waals surface area (Å²) in [5.41, 5.74) is 3.47. The average Bonchev–Trinajstić information content (AvgIpc) is 2.42. The van der Waals surface area contributed by atoms with Gasteiger partial charge in [0.1, 0.15) is 0 Å². The molecule has 1 aromatic heterocycles. The number of benzene rings is 1. The summed E-state index contributed by atoms with van der Waals surface area (Å²) in [5, 5.41) is 12.2. The predicted molar refractivity (Wildman–Crippen MR) is 80.6 cm³/mol. The summed E-state index contributed by atoms with van der Waals surface area (Å²) >= 11 is 3.40. The first-order valence-electron chi connectivity index (χ1n) is 6.21. The number of carboxylic acid groups (broad SMARTS) is 1. The van der Waals surface area contributed by atoms with Crippen molar-refractivity contribution >= 4 is 21.9 Å². The molecule has 2 aromatic rings. The van der Waals surface area contributed by atoms with E-state index in [1.807, 2.05) is 25.1 Å². The summed E-state index contributed by atoms with van der Waals surface area (Å²) in [6, 6.07) is 8.98. The quantitative estimate of drug-likeness (QED) is 0.881. The van der Waals surface area contributed by atoms with Gasteiger partial charge in [-0.1, -0.05) is 28.1 Å². The third-order valence-corrected chi connectivity index (χ3v) is 3.76. The molecule has 0 saturated carbocycles. The smallest absolute Gasteiger partial charge is 0.335 e. The molecular weight excluding hydrogens is 320 g/mol. The lowest BCUT2D eigenvalue weighted by Gasteiger charge is -2.09. The van der Waals surface area contributed by atoms with Gasteiger partial charge < -0.3 is 10.4 Å². The highest BCUT2D eigenvalue weighted by Crippen LogP contribution is 2.18. The lowest BCUT2D eigenvalue weighted by atomic mass is 10.1. The van der Waals surface area contributed by atoms with Crippen molar-refractivity contribution in [2.45, 2.75) is 20.0 Å². The second-order valence-corrected chi connectivity index (χ2v) is 5.34. The van der Waals surface area contributed by atoms with Gasteiger partial charge in [-0.05, 0) is 36.2 Å². The highest BCUT2D eigenvalue weighted by molar-refractivity contribution is 9.10. The van der Waals surface area contributed by atoms with E-state index in [4.69, 9.17) is 5.11 Å². The molecule has 20 heavy (non-hydrogen) atoms. The van der Waals surface area contributed by atoms with Crippen LogP contribution in [0.2, 0.25) is 0 Å². The Kier molecular flexibility index (Phi) is 4.87. The number of aromatic nitrogens is 1. The molecule has 0 saturated heterocycles. The Hall–Kier alpha value is -1.72. The second kappa shape index (κ2) is 6.63. The Morgan fingerprint density at radius 1 is 1.35 bits per heavy atom. The standard InChI is InChI=1S/C15H15BrN2O2/c1-10-3-2-6-18-14(10)9-17-8-12-5-4-11(15(19)20)7-13(12)16/h2-7,17H,8-9H2,1H3,(H,19,20). The van der Waals surface area contributed by atoms with Crippen LogP contribution in [-0.2, 0) is 13.1 Å². The molecule has 0 spiro atoms. The Bertz CT molecular complexity index is 629. The molecule has 0 atom stereocenters. The van der Waals surface area contributed by atoms with Crippen molar-refractivity contribution in [3.63, 3.8) is 0 Å². The Balaban J connectivity index is 1.98. The van der Waals surface area contributed by atoms with E-state index in [2.05, 4.69) is 26.2 Å². The van der Waals surface area contributed by atoms with Crippen LogP contribution < -0.4 is 5.32 Å². The largest absolute Gasteiger partial charge is 0.478 e. The van der Waals surface area contributed by atoms with Gasteiger partial charge in [0, 0.05) is 23.8 Å². The first-order chi connectivity index (χ1) is 9.58. The maximum Gasteiger partial charge on any atom is 0.335 e. The van der Waals surface area contributed by atoms with Crippen LogP contribution in [0, 0.1) is 6.92 Å². The van der Waals surface area contributed by atoms with Crippen molar-refractivity contribution in [2.24, 2.45) is 0 Å². The molecule has 0 aliphatic heterocycles. The number of aryl methyl sites for hydroxylation is 1. The van der Waals surface area contributed by atoms with Gasteiger partial charge in [-0.15, -0.1) is 0 Å². The highest BCUT2D eigenvalue weighted by Gasteiger charge is 2.06. The summed E-state index contributed by atoms with van der Waals surface area (Å²) in [5.74, 6) is -0.922. The molecule has 2 rings (SSSR count). The predicted octanol–water partition coefficient (Wildman–Crippen LogP) is 3.14. The van der Waals surface area contributed by atoms with E-state index in [-0.39, 0.29) is 5.56 Å². The zero-order valence-corrected chi connectivity index (χ0v) is 12.6. The SMILES string of the molecule is Cc1cccnc1CNCc1ccc(C(=O)O)cc1Br. The van der Waals surface area contributed by atoms with Crippen molar-refractivity contribution in [1.82, 2.24) is 10.3 Å². The first kappa shape index (κ1) is 14.7. The molecule has 0 unspecified atom stereocenters. The second-order valence-electron chi connectivity index (χ2n) is 4.48. The van der Waals surface area contributed by atoms with Crippen LogP contribution >= 0.6 is 15.9 Å². The van der Waals surface area contributed by atoms with Gasteiger partial charge >= 0.3 is 5.97 Å². The third-order valence-electron chi connectivity index (χ3n) is 3.03. The van der Waals surface area contributed by atoms with Crippen molar-refractivity contribution in [3.05, 3.63) is 63.4 Å². The number of halogens is 1. The van der Waals surface area contributed by atoms with Gasteiger partial charge in [0.05, 0.1) is 11.3 Å². The molecule has 1 aromatic carbocycles. The zero-order valence-electron chi connectivity index (χ0n) is 11.1. The molecule has 0 amide bonds. The molecule has 4 nitrogen and oxygen atoms in total. The highest BCUT2D eigenvalue weighted by atomic mass is 79.9. The van der Waals surface area contributed by atoms with E-state index < -0.39 is 5.97 Å². The van der Waals surface area contributed by atoms with Gasteiger partial charge in [0.25, 0.3) is 0 Å². The minimum atomic E-state index is -0.922. The number of carbonyl (C=O) groups is 1. The summed E-state index contributed by atoms with van der Waals surface area (Å²) in [6.45, 7) is 3.36. The van der Waals surface area contributed by atoms with Crippen LogP contribution in [0.25, 0.3) is 0 Å². The van der Waals surface area contributed by atoms with Crippen LogP contribution in [0.5, 0.6) is 0 Å². The van der Waals surface area contributed by atoms with Crippen LogP contribution in [-0.4, -0.2) is 16.1 Å². The minimum absolute atomic E-state index is 0.279. The van der Waals surface area contributed by atoms with Crippen molar-refractivity contribution in [3.8, 4) is 0 Å². The van der Waals surface area contributed by atoms with Crippen LogP contribution in [0.1, 0.15) is 27.2 Å². The molecule has 2 N–H and O–H groups in total. The number of aromatic carboxylic acids is 1. The summed E-state index contributed by atoms with van der Waals surface area (Å²) in [6.07, 6.45) is 1.78. The molecule has 0 radical (unpaired) electrons. The van der Waals surface area contributed by atoms with Crippen molar-refractivity contribution < 1.29 is 9.90 Å². The Morgan fingerprint density at radius 3 is 2.80 bits per heavy atom. The average molecular weight is 335 g/mol. The summed E-state index contributed by atoms with van der Waals surface area (Å²) < 4.78 is 0.794. The Morgan fingerprint density at radius 2 is 2.15 bits per heavy atom. The van der Waals surface area contributed by atoms with Gasteiger partial charge in [0.2, 0.25) is 0 Å². The summed E-state index contributed by atoms with van der Waals surface area (Å²) in [4.78, 5) is 15.2. The fraction of sp³-hybridized carbons (Fsp3) is 0.200. The third kappa shape index (κ3) is 3.65. The zero-order chi connectivity index (χ0) is 14.5. The normalized spacial score (nSPS) is 10.5. The number of hydrogen-bond acceptors (Lipinski definition) is 3. The maximum atomic E-state index is 10.9. The number of nitrogens with one attached hydrogen (secondary N) is 1. The van der Waals surface area contributed by atoms with Gasteiger partial charge in [-0.2, -0.15) is 0 Å². The first-order valence-corrected chi connectivity index (χ1v) is 7.00. The number of rotatable bonds is 5. The van der Waals surface area contributed by atoms with Crippen LogP contribution in [0.15, 0.2) is 41.0 Å². The molecule has 0 aliphatic rings. The lowest BCUT2D eigenvalue weighted by Crippen LogP contribution is -2.15. The molecule has 104 valence electrons. The van der Waals surface area contributed by atoms with E-state index in [1.165, 1.54) is 0 Å². The number of nitrogens with zero attached hydrogens (tertiary/aromatic N) is 1. The number of hydrogen-bond donors (Lipinski definition) is 2. The molecule has 0 fully saturated rings. The molecule has 0 bridgehead atoms. The number of pyridine rings is 1. The molecular formula is C15H15BrN2O2. The fourth-order valence-electron chi connectivity index (χ4n) is 1.84. The molecule has 1 heterocycles. The monoisotopic (exact) mass is 334 g/mol. The van der Waals surface area contributed by atoms with Gasteiger partial charge in [-0.25, -0.2) is 4.79 Å². The number of carboxylic acids is 1. The van der Waals surface area contributed by atoms with Gasteiger partial charge in [0.15, 0.2) is 0 Å². The van der Waals surface area contributed by atoms with E-state index in [0.717, 1.165) is 21.3 Å². The van der Waals surface area contributed by atoms with E-state index >= 15 is 0 Å². The lowest BCUT2D eigenvalue weighted by molar-refractivity contribution is 0.0697. The van der Waals surface area contributed by atoms with Gasteiger partial charge in [-0.3, -0.25) is 4.98 Å².